The van der Waals surface area contributed by atoms with Crippen molar-refractivity contribution in [2.45, 2.75) is 25.2 Å². The van der Waals surface area contributed by atoms with Crippen LogP contribution in [0.15, 0.2) is 29.2 Å². The zero-order valence-electron chi connectivity index (χ0n) is 14.7. The Balaban J connectivity index is 2.19. The molecule has 25 heavy (non-hydrogen) atoms. The maximum absolute atomic E-state index is 11.6. The van der Waals surface area contributed by atoms with Crippen LogP contribution in [0, 0.1) is 5.92 Å². The van der Waals surface area contributed by atoms with Crippen LogP contribution in [0.2, 0.25) is 0 Å². The molecule has 8 heteroatoms. The molecule has 1 aromatic carbocycles. The minimum Gasteiger partial charge on any atom is -0.497 e. The second-order valence-electron chi connectivity index (χ2n) is 5.61. The molecule has 0 radical (unpaired) electrons. The van der Waals surface area contributed by atoms with Crippen molar-refractivity contribution >= 4 is 29.7 Å². The number of carbonyl (C=O) groups excluding carboxylic acids is 3. The van der Waals surface area contributed by atoms with Gasteiger partial charge in [-0.2, -0.15) is 0 Å². The van der Waals surface area contributed by atoms with E-state index in [0.29, 0.717) is 12.5 Å². The molecule has 0 unspecified atom stereocenters. The van der Waals surface area contributed by atoms with Crippen molar-refractivity contribution in [3.05, 3.63) is 24.3 Å². The van der Waals surface area contributed by atoms with E-state index in [-0.39, 0.29) is 5.75 Å². The number of amides is 3. The predicted octanol–water partition coefficient (Wildman–Crippen LogP) is 2.20. The molecule has 0 aliphatic carbocycles. The summed E-state index contributed by atoms with van der Waals surface area (Å²) in [6, 6.07) is 6.64. The number of benzene rings is 1. The van der Waals surface area contributed by atoms with Gasteiger partial charge in [0.1, 0.15) is 5.75 Å². The van der Waals surface area contributed by atoms with Crippen molar-refractivity contribution in [1.29, 1.82) is 0 Å². The van der Waals surface area contributed by atoms with Crippen LogP contribution in [0.4, 0.5) is 4.79 Å². The van der Waals surface area contributed by atoms with Crippen LogP contribution in [-0.2, 0) is 14.3 Å². The van der Waals surface area contributed by atoms with E-state index in [2.05, 4.69) is 10.6 Å². The molecule has 0 saturated heterocycles. The number of methoxy groups -OCH3 is 1. The Bertz CT molecular complexity index is 575. The molecule has 1 rings (SSSR count). The third-order valence-corrected chi connectivity index (χ3v) is 4.03. The number of esters is 1. The van der Waals surface area contributed by atoms with Gasteiger partial charge >= 0.3 is 12.0 Å². The first kappa shape index (κ1) is 20.8. The number of urea groups is 1. The lowest BCUT2D eigenvalue weighted by Crippen LogP contribution is -2.42. The lowest BCUT2D eigenvalue weighted by Gasteiger charge is -2.08. The van der Waals surface area contributed by atoms with E-state index in [1.807, 2.05) is 26.0 Å². The molecule has 138 valence electrons. The number of carbonyl (C=O) groups is 3. The van der Waals surface area contributed by atoms with Gasteiger partial charge < -0.3 is 14.8 Å². The second kappa shape index (κ2) is 11.4. The molecule has 2 N–H and O–H groups in total. The minimum absolute atomic E-state index is 0.0696. The van der Waals surface area contributed by atoms with Gasteiger partial charge in [0.2, 0.25) is 0 Å². The molecule has 7 nitrogen and oxygen atoms in total. The average Bonchev–Trinajstić information content (AvgIpc) is 2.58. The van der Waals surface area contributed by atoms with Gasteiger partial charge in [0, 0.05) is 11.4 Å². The molecule has 0 aliphatic heterocycles. The average molecular weight is 368 g/mol. The third-order valence-electron chi connectivity index (χ3n) is 3.04. The summed E-state index contributed by atoms with van der Waals surface area (Å²) in [4.78, 5) is 35.5. The lowest BCUT2D eigenvalue weighted by atomic mass is 10.1. The van der Waals surface area contributed by atoms with Crippen molar-refractivity contribution in [1.82, 2.24) is 10.6 Å². The zero-order chi connectivity index (χ0) is 18.7. The van der Waals surface area contributed by atoms with Crippen LogP contribution in [0.5, 0.6) is 5.75 Å². The number of rotatable bonds is 9. The summed E-state index contributed by atoms with van der Waals surface area (Å²) in [5.74, 6) is 0.0664. The Morgan fingerprint density at radius 2 is 1.84 bits per heavy atom. The lowest BCUT2D eigenvalue weighted by molar-refractivity contribution is -0.145. The fourth-order valence-corrected chi connectivity index (χ4v) is 2.38. The summed E-state index contributed by atoms with van der Waals surface area (Å²) in [6.07, 6.45) is 0.819. The molecule has 0 heterocycles. The number of hydrogen-bond acceptors (Lipinski definition) is 6. The summed E-state index contributed by atoms with van der Waals surface area (Å²) in [5.41, 5.74) is 0. The highest BCUT2D eigenvalue weighted by Crippen LogP contribution is 2.21. The normalized spacial score (nSPS) is 10.2. The molecular weight excluding hydrogens is 344 g/mol. The van der Waals surface area contributed by atoms with Crippen LogP contribution in [0.25, 0.3) is 0 Å². The van der Waals surface area contributed by atoms with E-state index in [4.69, 9.17) is 9.47 Å². The number of ether oxygens (including phenoxy) is 2. The minimum atomic E-state index is -0.662. The summed E-state index contributed by atoms with van der Waals surface area (Å²) in [6.45, 7) is 4.07. The first-order chi connectivity index (χ1) is 11.9. The Hall–Kier alpha value is -2.22. The maximum Gasteiger partial charge on any atom is 0.321 e. The van der Waals surface area contributed by atoms with Crippen molar-refractivity contribution in [3.63, 3.8) is 0 Å². The van der Waals surface area contributed by atoms with E-state index < -0.39 is 24.5 Å². The van der Waals surface area contributed by atoms with Gasteiger partial charge in [-0.1, -0.05) is 13.8 Å². The van der Waals surface area contributed by atoms with Crippen LogP contribution < -0.4 is 15.4 Å². The number of nitrogens with one attached hydrogen (secondary N) is 2. The van der Waals surface area contributed by atoms with Crippen molar-refractivity contribution in [3.8, 4) is 5.75 Å². The Morgan fingerprint density at radius 3 is 2.44 bits per heavy atom. The first-order valence-electron chi connectivity index (χ1n) is 7.91. The predicted molar refractivity (Wildman–Crippen MR) is 95.7 cm³/mol. The largest absolute Gasteiger partial charge is 0.497 e. The van der Waals surface area contributed by atoms with Gasteiger partial charge in [-0.15, -0.1) is 11.8 Å². The van der Waals surface area contributed by atoms with E-state index in [9.17, 15) is 14.4 Å². The Labute approximate surface area is 151 Å². The van der Waals surface area contributed by atoms with Gasteiger partial charge in [-0.25, -0.2) is 4.79 Å². The highest BCUT2D eigenvalue weighted by atomic mass is 32.2. The summed E-state index contributed by atoms with van der Waals surface area (Å²) >= 11 is 1.29. The fraction of sp³-hybridized carbons (Fsp3) is 0.471. The van der Waals surface area contributed by atoms with Gasteiger partial charge in [0.15, 0.2) is 6.61 Å². The number of hydrogen-bond donors (Lipinski definition) is 2. The highest BCUT2D eigenvalue weighted by molar-refractivity contribution is 8.00. The molecule has 1 aromatic rings. The van der Waals surface area contributed by atoms with E-state index in [0.717, 1.165) is 17.1 Å². The Morgan fingerprint density at radius 1 is 1.16 bits per heavy atom. The summed E-state index contributed by atoms with van der Waals surface area (Å²) < 4.78 is 9.89. The summed E-state index contributed by atoms with van der Waals surface area (Å²) in [5, 5.41) is 4.67. The standard InChI is InChI=1S/C17H24N2O5S/c1-12(2)8-9-18-17(22)19-15(20)10-24-16(21)11-25-14-6-4-13(23-3)5-7-14/h4-7,12H,8-11H2,1-3H3,(H2,18,19,20,22). The first-order valence-corrected chi connectivity index (χ1v) is 8.89. The van der Waals surface area contributed by atoms with Gasteiger partial charge in [0.05, 0.1) is 12.9 Å². The monoisotopic (exact) mass is 368 g/mol. The van der Waals surface area contributed by atoms with Crippen LogP contribution in [0.1, 0.15) is 20.3 Å². The molecule has 3 amide bonds. The second-order valence-corrected chi connectivity index (χ2v) is 6.66. The van der Waals surface area contributed by atoms with E-state index in [1.54, 1.807) is 19.2 Å². The maximum atomic E-state index is 11.6. The SMILES string of the molecule is COc1ccc(SCC(=O)OCC(=O)NC(=O)NCCC(C)C)cc1. The van der Waals surface area contributed by atoms with Crippen LogP contribution >= 0.6 is 11.8 Å². The zero-order valence-corrected chi connectivity index (χ0v) is 15.5. The van der Waals surface area contributed by atoms with Crippen molar-refractivity contribution in [2.24, 2.45) is 5.92 Å². The Kier molecular flexibility index (Phi) is 9.46. The molecule has 0 bridgehead atoms. The van der Waals surface area contributed by atoms with Crippen molar-refractivity contribution in [2.75, 3.05) is 26.0 Å². The van der Waals surface area contributed by atoms with Crippen LogP contribution in [-0.4, -0.2) is 43.9 Å². The molecule has 0 atom stereocenters. The quantitative estimate of drug-likeness (QED) is 0.513. The molecule has 0 fully saturated rings. The molecular formula is C17H24N2O5S. The number of imide groups is 1. The molecule has 0 spiro atoms. The molecule has 0 aliphatic rings. The van der Waals surface area contributed by atoms with E-state index >= 15 is 0 Å². The fourth-order valence-electron chi connectivity index (χ4n) is 1.68. The van der Waals surface area contributed by atoms with E-state index in [1.165, 1.54) is 11.8 Å². The number of thioether (sulfide) groups is 1. The smallest absolute Gasteiger partial charge is 0.321 e. The molecule has 0 saturated carbocycles. The van der Waals surface area contributed by atoms with Gasteiger partial charge in [-0.3, -0.25) is 14.9 Å². The van der Waals surface area contributed by atoms with Crippen LogP contribution in [0.3, 0.4) is 0 Å². The highest BCUT2D eigenvalue weighted by Gasteiger charge is 2.11. The summed E-state index contributed by atoms with van der Waals surface area (Å²) in [7, 11) is 1.58. The van der Waals surface area contributed by atoms with Gasteiger partial charge in [-0.05, 0) is 36.6 Å². The topological polar surface area (TPSA) is 93.7 Å². The van der Waals surface area contributed by atoms with Gasteiger partial charge in [0.25, 0.3) is 5.91 Å². The van der Waals surface area contributed by atoms with Crippen molar-refractivity contribution < 1.29 is 23.9 Å². The third kappa shape index (κ3) is 9.61. The molecule has 0 aromatic heterocycles.